The maximum Gasteiger partial charge on any atom is 0.307 e. The number of hydrogen-bond donors (Lipinski definition) is 3. The van der Waals surface area contributed by atoms with Crippen LogP contribution in [0.2, 0.25) is 0 Å². The number of aryl methyl sites for hydroxylation is 5. The van der Waals surface area contributed by atoms with Crippen LogP contribution in [0.25, 0.3) is 11.1 Å². The number of carboxylic acid groups (broad SMARTS) is 3. The molecule has 6 nitrogen and oxygen atoms in total. The third-order valence-electron chi connectivity index (χ3n) is 9.28. The second-order valence-electron chi connectivity index (χ2n) is 12.7. The van der Waals surface area contributed by atoms with Gasteiger partial charge >= 0.3 is 17.9 Å². The van der Waals surface area contributed by atoms with Crippen molar-refractivity contribution < 1.29 is 29.7 Å². The van der Waals surface area contributed by atoms with Crippen LogP contribution in [0.3, 0.4) is 0 Å². The molecule has 0 aliphatic heterocycles. The lowest BCUT2D eigenvalue weighted by Gasteiger charge is -2.26. The van der Waals surface area contributed by atoms with Crippen molar-refractivity contribution in [1.29, 1.82) is 0 Å². The van der Waals surface area contributed by atoms with Gasteiger partial charge in [0.2, 0.25) is 0 Å². The fraction of sp³-hybridized carbons (Fsp3) is 0.475. The molecule has 3 aromatic carbocycles. The smallest absolute Gasteiger partial charge is 0.307 e. The number of unbranched alkanes of at least 4 members (excludes halogenated alkanes) is 1. The summed E-state index contributed by atoms with van der Waals surface area (Å²) in [6.45, 7) is 6.68. The molecule has 0 amide bonds. The van der Waals surface area contributed by atoms with Gasteiger partial charge in [-0.05, 0) is 108 Å². The summed E-state index contributed by atoms with van der Waals surface area (Å²) in [7, 11) is 0. The van der Waals surface area contributed by atoms with E-state index >= 15 is 0 Å². The molecule has 0 aromatic heterocycles. The first-order valence-corrected chi connectivity index (χ1v) is 17.1. The van der Waals surface area contributed by atoms with Crippen molar-refractivity contribution in [2.24, 2.45) is 11.8 Å². The van der Waals surface area contributed by atoms with Crippen molar-refractivity contribution >= 4 is 17.9 Å². The summed E-state index contributed by atoms with van der Waals surface area (Å²) >= 11 is 0. The zero-order valence-electron chi connectivity index (χ0n) is 27.9. The highest BCUT2D eigenvalue weighted by atomic mass is 16.4. The predicted octanol–water partition coefficient (Wildman–Crippen LogP) is 8.98. The van der Waals surface area contributed by atoms with Crippen molar-refractivity contribution in [2.45, 2.75) is 111 Å². The van der Waals surface area contributed by atoms with Crippen LogP contribution in [0.1, 0.15) is 106 Å². The van der Waals surface area contributed by atoms with Crippen molar-refractivity contribution in [2.75, 3.05) is 0 Å². The minimum atomic E-state index is -0.817. The summed E-state index contributed by atoms with van der Waals surface area (Å²) in [4.78, 5) is 34.2. The Labute approximate surface area is 274 Å². The van der Waals surface area contributed by atoms with Gasteiger partial charge in [-0.25, -0.2) is 0 Å². The standard InChI is InChI=1S/C40H52O6/c1-4-7-12-34-13-9-14-35(20-22-38(43)44)40(34)36-25-30(24-31(26-36)17-21-37(41)42)16-19-33(6-3)32(5-2)18-15-28-10-8-11-29(23-28)27-39(45)46/h8-11,13-14,23-26,32-33H,4-7,12,15-22,27H2,1-3H3,(H,41,42)(H,43,44)(H,45,46). The van der Waals surface area contributed by atoms with Gasteiger partial charge in [-0.2, -0.15) is 0 Å². The second kappa shape index (κ2) is 18.9. The number of rotatable bonds is 21. The van der Waals surface area contributed by atoms with Crippen molar-refractivity contribution in [3.8, 4) is 11.1 Å². The van der Waals surface area contributed by atoms with Crippen LogP contribution in [-0.4, -0.2) is 33.2 Å². The molecule has 0 fully saturated rings. The zero-order valence-corrected chi connectivity index (χ0v) is 27.9. The second-order valence-corrected chi connectivity index (χ2v) is 12.7. The maximum absolute atomic E-state index is 11.5. The molecule has 46 heavy (non-hydrogen) atoms. The fourth-order valence-electron chi connectivity index (χ4n) is 6.82. The van der Waals surface area contributed by atoms with Gasteiger partial charge in [-0.3, -0.25) is 14.4 Å². The Morgan fingerprint density at radius 3 is 1.70 bits per heavy atom. The highest BCUT2D eigenvalue weighted by Gasteiger charge is 2.20. The monoisotopic (exact) mass is 628 g/mol. The third kappa shape index (κ3) is 11.8. The van der Waals surface area contributed by atoms with Gasteiger partial charge in [0.15, 0.2) is 0 Å². The Balaban J connectivity index is 1.88. The Morgan fingerprint density at radius 1 is 0.587 bits per heavy atom. The summed E-state index contributed by atoms with van der Waals surface area (Å²) in [5.74, 6) is -1.38. The molecule has 0 saturated heterocycles. The lowest BCUT2D eigenvalue weighted by atomic mass is 9.80. The average molecular weight is 629 g/mol. The van der Waals surface area contributed by atoms with Crippen LogP contribution < -0.4 is 0 Å². The quantitative estimate of drug-likeness (QED) is 0.109. The molecule has 6 heteroatoms. The van der Waals surface area contributed by atoms with E-state index in [1.807, 2.05) is 30.3 Å². The molecule has 2 unspecified atom stereocenters. The Hall–Kier alpha value is -3.93. The van der Waals surface area contributed by atoms with Crippen molar-refractivity contribution in [3.63, 3.8) is 0 Å². The molecule has 3 aromatic rings. The Kier molecular flexibility index (Phi) is 15.0. The van der Waals surface area contributed by atoms with Gasteiger partial charge in [-0.15, -0.1) is 0 Å². The molecule has 2 atom stereocenters. The Morgan fingerprint density at radius 2 is 1.11 bits per heavy atom. The maximum atomic E-state index is 11.5. The molecule has 0 saturated carbocycles. The molecule has 0 bridgehead atoms. The fourth-order valence-corrected chi connectivity index (χ4v) is 6.82. The van der Waals surface area contributed by atoms with Gasteiger partial charge in [0.1, 0.15) is 0 Å². The van der Waals surface area contributed by atoms with Crippen molar-refractivity contribution in [3.05, 3.63) is 94.0 Å². The van der Waals surface area contributed by atoms with E-state index in [1.54, 1.807) is 0 Å². The lowest BCUT2D eigenvalue weighted by molar-refractivity contribution is -0.138. The van der Waals surface area contributed by atoms with E-state index < -0.39 is 17.9 Å². The van der Waals surface area contributed by atoms with E-state index in [0.29, 0.717) is 24.7 Å². The van der Waals surface area contributed by atoms with Gasteiger partial charge in [-0.1, -0.05) is 101 Å². The first-order chi connectivity index (χ1) is 22.1. The summed E-state index contributed by atoms with van der Waals surface area (Å²) in [6.07, 6.45) is 10.1. The zero-order chi connectivity index (χ0) is 33.5. The molecule has 0 spiro atoms. The predicted molar refractivity (Wildman–Crippen MR) is 184 cm³/mol. The van der Waals surface area contributed by atoms with Crippen LogP contribution in [0.15, 0.2) is 60.7 Å². The normalized spacial score (nSPS) is 12.5. The topological polar surface area (TPSA) is 112 Å². The molecule has 248 valence electrons. The Bertz CT molecular complexity index is 1440. The molecule has 0 aliphatic rings. The van der Waals surface area contributed by atoms with E-state index in [0.717, 1.165) is 85.6 Å². The van der Waals surface area contributed by atoms with E-state index in [4.69, 9.17) is 0 Å². The third-order valence-corrected chi connectivity index (χ3v) is 9.28. The van der Waals surface area contributed by atoms with E-state index in [9.17, 15) is 29.7 Å². The van der Waals surface area contributed by atoms with Gasteiger partial charge in [0.25, 0.3) is 0 Å². The minimum Gasteiger partial charge on any atom is -0.481 e. The highest BCUT2D eigenvalue weighted by Crippen LogP contribution is 2.34. The SMILES string of the molecule is CCCCc1cccc(CCC(=O)O)c1-c1cc(CCC(=O)O)cc(CCC(CC)C(CC)CCc2cccc(CC(=O)O)c2)c1. The van der Waals surface area contributed by atoms with E-state index in [-0.39, 0.29) is 19.3 Å². The van der Waals surface area contributed by atoms with Crippen LogP contribution >= 0.6 is 0 Å². The van der Waals surface area contributed by atoms with Crippen LogP contribution in [0.5, 0.6) is 0 Å². The first kappa shape index (κ1) is 36.5. The van der Waals surface area contributed by atoms with Gasteiger partial charge in [0.05, 0.1) is 6.42 Å². The minimum absolute atomic E-state index is 0.0419. The molecular formula is C40H52O6. The number of aliphatic carboxylic acids is 3. The van der Waals surface area contributed by atoms with Crippen LogP contribution in [0.4, 0.5) is 0 Å². The van der Waals surface area contributed by atoms with Gasteiger partial charge < -0.3 is 15.3 Å². The number of carbonyl (C=O) groups is 3. The number of benzene rings is 3. The number of hydrogen-bond acceptors (Lipinski definition) is 3. The molecule has 3 rings (SSSR count). The van der Waals surface area contributed by atoms with E-state index in [2.05, 4.69) is 51.1 Å². The largest absolute Gasteiger partial charge is 0.481 e. The summed E-state index contributed by atoms with van der Waals surface area (Å²) in [6, 6.07) is 20.7. The summed E-state index contributed by atoms with van der Waals surface area (Å²) in [5.41, 5.74) is 8.64. The van der Waals surface area contributed by atoms with Gasteiger partial charge in [0, 0.05) is 12.8 Å². The summed E-state index contributed by atoms with van der Waals surface area (Å²) in [5, 5.41) is 28.1. The van der Waals surface area contributed by atoms with Crippen molar-refractivity contribution in [1.82, 2.24) is 0 Å². The molecule has 3 N–H and O–H groups in total. The first-order valence-electron chi connectivity index (χ1n) is 17.1. The van der Waals surface area contributed by atoms with E-state index in [1.165, 1.54) is 16.7 Å². The average Bonchev–Trinajstić information content (AvgIpc) is 3.03. The van der Waals surface area contributed by atoms with Crippen LogP contribution in [0, 0.1) is 11.8 Å². The molecule has 0 radical (unpaired) electrons. The number of carboxylic acids is 3. The molecule has 0 aliphatic carbocycles. The molecule has 0 heterocycles. The van der Waals surface area contributed by atoms with Crippen LogP contribution in [-0.2, 0) is 52.9 Å². The summed E-state index contributed by atoms with van der Waals surface area (Å²) < 4.78 is 0. The highest BCUT2D eigenvalue weighted by molar-refractivity contribution is 5.74. The lowest BCUT2D eigenvalue weighted by Crippen LogP contribution is -2.16. The molecular weight excluding hydrogens is 576 g/mol.